The molecule has 0 atom stereocenters. The first-order valence-electron chi connectivity index (χ1n) is 6.75. The van der Waals surface area contributed by atoms with Gasteiger partial charge in [-0.1, -0.05) is 19.9 Å². The second-order valence-electron chi connectivity index (χ2n) is 4.87. The predicted octanol–water partition coefficient (Wildman–Crippen LogP) is 3.37. The molecule has 2 rings (SSSR count). The van der Waals surface area contributed by atoms with E-state index in [1.54, 1.807) is 7.11 Å². The van der Waals surface area contributed by atoms with Crippen LogP contribution in [0.5, 0.6) is 11.5 Å². The number of methoxy groups -OCH3 is 1. The van der Waals surface area contributed by atoms with Crippen LogP contribution in [0.15, 0.2) is 40.8 Å². The largest absolute Gasteiger partial charge is 0.497 e. The molecule has 0 aliphatic heterocycles. The topological polar surface area (TPSA) is 43.6 Å². The lowest BCUT2D eigenvalue weighted by molar-refractivity contribution is 0.263. The van der Waals surface area contributed by atoms with Crippen LogP contribution in [0.3, 0.4) is 0 Å². The number of hydrogen-bond acceptors (Lipinski definition) is 4. The van der Waals surface area contributed by atoms with Gasteiger partial charge in [-0.3, -0.25) is 0 Å². The zero-order chi connectivity index (χ0) is 14.4. The quantitative estimate of drug-likeness (QED) is 0.841. The van der Waals surface area contributed by atoms with Crippen LogP contribution in [0.4, 0.5) is 0 Å². The molecule has 0 radical (unpaired) electrons. The van der Waals surface area contributed by atoms with Gasteiger partial charge in [0.1, 0.15) is 29.6 Å². The molecule has 0 amide bonds. The molecule has 1 N–H and O–H groups in total. The first-order chi connectivity index (χ1) is 9.67. The van der Waals surface area contributed by atoms with Crippen LogP contribution in [-0.2, 0) is 13.2 Å². The standard InChI is InChI=1S/C16H21NO3/c1-12(2)17-10-15-7-8-16(20-15)11-19-14-6-4-5-13(9-14)18-3/h4-9,12,17H,10-11H2,1-3H3. The van der Waals surface area contributed by atoms with Gasteiger partial charge in [-0.25, -0.2) is 0 Å². The van der Waals surface area contributed by atoms with Crippen molar-refractivity contribution < 1.29 is 13.9 Å². The fourth-order valence-electron chi connectivity index (χ4n) is 1.75. The highest BCUT2D eigenvalue weighted by atomic mass is 16.5. The lowest BCUT2D eigenvalue weighted by atomic mass is 10.3. The summed E-state index contributed by atoms with van der Waals surface area (Å²) in [6.45, 7) is 5.36. The highest BCUT2D eigenvalue weighted by Crippen LogP contribution is 2.20. The summed E-state index contributed by atoms with van der Waals surface area (Å²) in [6.07, 6.45) is 0. The Morgan fingerprint density at radius 3 is 2.60 bits per heavy atom. The zero-order valence-corrected chi connectivity index (χ0v) is 12.2. The van der Waals surface area contributed by atoms with Crippen LogP contribution >= 0.6 is 0 Å². The SMILES string of the molecule is COc1cccc(OCc2ccc(CNC(C)C)o2)c1. The monoisotopic (exact) mass is 275 g/mol. The highest BCUT2D eigenvalue weighted by Gasteiger charge is 2.04. The molecule has 20 heavy (non-hydrogen) atoms. The van der Waals surface area contributed by atoms with Crippen molar-refractivity contribution in [2.24, 2.45) is 0 Å². The van der Waals surface area contributed by atoms with Crippen molar-refractivity contribution in [2.75, 3.05) is 7.11 Å². The molecule has 4 nitrogen and oxygen atoms in total. The first-order valence-corrected chi connectivity index (χ1v) is 6.75. The predicted molar refractivity (Wildman–Crippen MR) is 78.0 cm³/mol. The van der Waals surface area contributed by atoms with Gasteiger partial charge in [0.2, 0.25) is 0 Å². The van der Waals surface area contributed by atoms with Gasteiger partial charge in [-0.2, -0.15) is 0 Å². The number of hydrogen-bond donors (Lipinski definition) is 1. The molecule has 0 saturated carbocycles. The number of furan rings is 1. The lowest BCUT2D eigenvalue weighted by Gasteiger charge is -2.07. The van der Waals surface area contributed by atoms with Gasteiger partial charge in [0, 0.05) is 12.1 Å². The van der Waals surface area contributed by atoms with Crippen LogP contribution in [-0.4, -0.2) is 13.2 Å². The van der Waals surface area contributed by atoms with Crippen molar-refractivity contribution in [1.29, 1.82) is 0 Å². The Kier molecular flexibility index (Phi) is 5.07. The summed E-state index contributed by atoms with van der Waals surface area (Å²) in [6, 6.07) is 11.9. The summed E-state index contributed by atoms with van der Waals surface area (Å²) in [7, 11) is 1.64. The fourth-order valence-corrected chi connectivity index (χ4v) is 1.75. The molecule has 108 valence electrons. The van der Waals surface area contributed by atoms with Gasteiger partial charge in [-0.15, -0.1) is 0 Å². The molecular formula is C16H21NO3. The van der Waals surface area contributed by atoms with E-state index >= 15 is 0 Å². The van der Waals surface area contributed by atoms with Gasteiger partial charge < -0.3 is 19.2 Å². The summed E-state index contributed by atoms with van der Waals surface area (Å²) in [5.41, 5.74) is 0. The smallest absolute Gasteiger partial charge is 0.146 e. The molecule has 1 heterocycles. The van der Waals surface area contributed by atoms with Crippen LogP contribution in [0.1, 0.15) is 25.4 Å². The maximum atomic E-state index is 5.69. The molecule has 0 saturated heterocycles. The Bertz CT molecular complexity index is 534. The molecule has 4 heteroatoms. The normalized spacial score (nSPS) is 10.8. The third-order valence-corrected chi connectivity index (χ3v) is 2.82. The molecule has 0 bridgehead atoms. The van der Waals surface area contributed by atoms with Crippen LogP contribution < -0.4 is 14.8 Å². The van der Waals surface area contributed by atoms with E-state index in [1.807, 2.05) is 36.4 Å². The van der Waals surface area contributed by atoms with E-state index in [9.17, 15) is 0 Å². The average Bonchev–Trinajstić information content (AvgIpc) is 2.91. The van der Waals surface area contributed by atoms with Gasteiger partial charge in [-0.05, 0) is 24.3 Å². The van der Waals surface area contributed by atoms with Gasteiger partial charge >= 0.3 is 0 Å². The Balaban J connectivity index is 1.87. The summed E-state index contributed by atoms with van der Waals surface area (Å²) in [4.78, 5) is 0. The molecule has 2 aromatic rings. The molecular weight excluding hydrogens is 254 g/mol. The van der Waals surface area contributed by atoms with Crippen molar-refractivity contribution >= 4 is 0 Å². The summed E-state index contributed by atoms with van der Waals surface area (Å²) in [5.74, 6) is 3.28. The second-order valence-corrected chi connectivity index (χ2v) is 4.87. The van der Waals surface area contributed by atoms with Crippen molar-refractivity contribution in [1.82, 2.24) is 5.32 Å². The van der Waals surface area contributed by atoms with E-state index in [0.717, 1.165) is 29.6 Å². The van der Waals surface area contributed by atoms with Crippen molar-refractivity contribution in [3.05, 3.63) is 47.9 Å². The molecule has 1 aromatic carbocycles. The zero-order valence-electron chi connectivity index (χ0n) is 12.2. The van der Waals surface area contributed by atoms with Crippen LogP contribution in [0, 0.1) is 0 Å². The Morgan fingerprint density at radius 2 is 1.85 bits per heavy atom. The third-order valence-electron chi connectivity index (χ3n) is 2.82. The Labute approximate surface area is 119 Å². The van der Waals surface area contributed by atoms with E-state index < -0.39 is 0 Å². The lowest BCUT2D eigenvalue weighted by Crippen LogP contribution is -2.21. The van der Waals surface area contributed by atoms with E-state index in [4.69, 9.17) is 13.9 Å². The highest BCUT2D eigenvalue weighted by molar-refractivity contribution is 5.32. The number of benzene rings is 1. The van der Waals surface area contributed by atoms with E-state index in [1.165, 1.54) is 0 Å². The molecule has 1 aromatic heterocycles. The second kappa shape index (κ2) is 7.01. The minimum absolute atomic E-state index is 0.412. The minimum Gasteiger partial charge on any atom is -0.497 e. The van der Waals surface area contributed by atoms with Crippen LogP contribution in [0.2, 0.25) is 0 Å². The van der Waals surface area contributed by atoms with E-state index in [-0.39, 0.29) is 0 Å². The first kappa shape index (κ1) is 14.5. The van der Waals surface area contributed by atoms with Crippen LogP contribution in [0.25, 0.3) is 0 Å². The minimum atomic E-state index is 0.412. The van der Waals surface area contributed by atoms with E-state index in [2.05, 4.69) is 19.2 Å². The Morgan fingerprint density at radius 1 is 1.10 bits per heavy atom. The molecule has 0 fully saturated rings. The number of ether oxygens (including phenoxy) is 2. The summed E-state index contributed by atoms with van der Waals surface area (Å²) < 4.78 is 16.5. The fraction of sp³-hybridized carbons (Fsp3) is 0.375. The van der Waals surface area contributed by atoms with Crippen molar-refractivity contribution in [3.8, 4) is 11.5 Å². The summed E-state index contributed by atoms with van der Waals surface area (Å²) >= 11 is 0. The molecule has 0 unspecified atom stereocenters. The molecule has 0 spiro atoms. The van der Waals surface area contributed by atoms with E-state index in [0.29, 0.717) is 12.6 Å². The molecule has 0 aliphatic rings. The average molecular weight is 275 g/mol. The number of rotatable bonds is 7. The third kappa shape index (κ3) is 4.31. The van der Waals surface area contributed by atoms with Crippen molar-refractivity contribution in [3.63, 3.8) is 0 Å². The van der Waals surface area contributed by atoms with Crippen molar-refractivity contribution in [2.45, 2.75) is 33.0 Å². The maximum absolute atomic E-state index is 5.69. The van der Waals surface area contributed by atoms with Gasteiger partial charge in [0.25, 0.3) is 0 Å². The summed E-state index contributed by atoms with van der Waals surface area (Å²) in [5, 5.41) is 3.31. The Hall–Kier alpha value is -1.94. The molecule has 0 aliphatic carbocycles. The van der Waals surface area contributed by atoms with Gasteiger partial charge in [0.05, 0.1) is 13.7 Å². The van der Waals surface area contributed by atoms with Gasteiger partial charge in [0.15, 0.2) is 0 Å². The number of nitrogens with one attached hydrogen (secondary N) is 1. The maximum Gasteiger partial charge on any atom is 0.146 e.